The lowest BCUT2D eigenvalue weighted by Crippen LogP contribution is -2.27. The van der Waals surface area contributed by atoms with Crippen LogP contribution in [0.25, 0.3) is 10.9 Å². The number of rotatable bonds is 8. The van der Waals surface area contributed by atoms with E-state index in [0.29, 0.717) is 28.3 Å². The van der Waals surface area contributed by atoms with Crippen molar-refractivity contribution >= 4 is 34.4 Å². The van der Waals surface area contributed by atoms with E-state index in [0.717, 1.165) is 33.3 Å². The molecule has 0 unspecified atom stereocenters. The smallest absolute Gasteiger partial charge is 0.344 e. The number of nitrogens with one attached hydrogen (secondary N) is 1. The highest BCUT2D eigenvalue weighted by atomic mass is 35.5. The summed E-state index contributed by atoms with van der Waals surface area (Å²) in [5.41, 5.74) is 5.82. The van der Waals surface area contributed by atoms with Crippen molar-refractivity contribution in [2.24, 2.45) is 7.05 Å². The van der Waals surface area contributed by atoms with E-state index >= 15 is 0 Å². The number of carbonyl (C=O) groups excluding carboxylic acids is 1. The molecule has 0 aliphatic heterocycles. The molecule has 2 N–H and O–H groups in total. The third kappa shape index (κ3) is 6.57. The first-order valence-corrected chi connectivity index (χ1v) is 13.9. The molecule has 0 saturated carbocycles. The van der Waals surface area contributed by atoms with E-state index in [1.54, 1.807) is 18.2 Å². The third-order valence-electron chi connectivity index (χ3n) is 7.55. The first-order chi connectivity index (χ1) is 19.1. The topological polar surface area (TPSA) is 80.6 Å². The Bertz CT molecular complexity index is 1640. The molecular weight excluding hydrogens is 543 g/mol. The van der Waals surface area contributed by atoms with Gasteiger partial charge in [-0.1, -0.05) is 50.6 Å². The Balaban J connectivity index is 1.59. The van der Waals surface area contributed by atoms with Gasteiger partial charge in [-0.2, -0.15) is 0 Å². The zero-order chi connectivity index (χ0) is 30.2. The summed E-state index contributed by atoms with van der Waals surface area (Å²) in [6.07, 6.45) is -0.466. The van der Waals surface area contributed by atoms with Crippen molar-refractivity contribution in [1.29, 1.82) is 0 Å². The zero-order valence-electron chi connectivity index (χ0n) is 24.4. The number of aryl methyl sites for hydroxylation is 1. The second kappa shape index (κ2) is 11.6. The Hall–Kier alpha value is -3.84. The maximum absolute atomic E-state index is 14.4. The summed E-state index contributed by atoms with van der Waals surface area (Å²) >= 11 is 6.26. The molecular formula is C33H36ClFN2O4. The Kier molecular flexibility index (Phi) is 8.50. The molecule has 0 radical (unpaired) electrons. The van der Waals surface area contributed by atoms with E-state index in [1.165, 1.54) is 19.1 Å². The second-order valence-electron chi connectivity index (χ2n) is 11.6. The Labute approximate surface area is 245 Å². The van der Waals surface area contributed by atoms with Gasteiger partial charge in [-0.05, 0) is 91.3 Å². The maximum atomic E-state index is 14.4. The molecule has 4 aromatic rings. The average molecular weight is 579 g/mol. The fraction of sp³-hybridized carbons (Fsp3) is 0.333. The highest BCUT2D eigenvalue weighted by Gasteiger charge is 2.21. The third-order valence-corrected chi connectivity index (χ3v) is 7.86. The predicted octanol–water partition coefficient (Wildman–Crippen LogP) is 7.51. The van der Waals surface area contributed by atoms with Crippen molar-refractivity contribution in [1.82, 2.24) is 9.88 Å². The van der Waals surface area contributed by atoms with Gasteiger partial charge in [-0.15, -0.1) is 0 Å². The molecule has 0 aliphatic carbocycles. The predicted molar refractivity (Wildman–Crippen MR) is 161 cm³/mol. The number of carboxylic acid groups (broad SMARTS) is 1. The lowest BCUT2D eigenvalue weighted by Gasteiger charge is -2.22. The minimum absolute atomic E-state index is 0.217. The summed E-state index contributed by atoms with van der Waals surface area (Å²) in [5.74, 6) is -1.32. The maximum Gasteiger partial charge on any atom is 0.344 e. The van der Waals surface area contributed by atoms with E-state index in [4.69, 9.17) is 16.3 Å². The molecule has 0 spiro atoms. The van der Waals surface area contributed by atoms with Crippen LogP contribution < -0.4 is 10.1 Å². The fourth-order valence-corrected chi connectivity index (χ4v) is 5.02. The van der Waals surface area contributed by atoms with Gasteiger partial charge < -0.3 is 19.7 Å². The van der Waals surface area contributed by atoms with Gasteiger partial charge in [0.15, 0.2) is 6.10 Å². The van der Waals surface area contributed by atoms with E-state index in [9.17, 15) is 19.1 Å². The molecule has 8 heteroatoms. The second-order valence-corrected chi connectivity index (χ2v) is 12.0. The molecule has 0 aliphatic rings. The monoisotopic (exact) mass is 578 g/mol. The highest BCUT2D eigenvalue weighted by Crippen LogP contribution is 2.32. The first-order valence-electron chi connectivity index (χ1n) is 13.5. The van der Waals surface area contributed by atoms with Crippen LogP contribution in [0.1, 0.15) is 79.0 Å². The van der Waals surface area contributed by atoms with E-state index in [1.807, 2.05) is 70.5 Å². The SMILES string of the molecule is Cc1c(Cc2ccc(Cl)c(O[C@H](C)C(=O)O)c2)c2ccc(C(=O)N[C@@H](C)c3cc(F)cc(C(C)(C)C)c3)cc2n1C. The van der Waals surface area contributed by atoms with E-state index < -0.39 is 12.1 Å². The number of fused-ring (bicyclic) bond motifs is 1. The van der Waals surface area contributed by atoms with Crippen molar-refractivity contribution in [3.8, 4) is 5.75 Å². The van der Waals surface area contributed by atoms with Gasteiger partial charge in [0.1, 0.15) is 11.6 Å². The lowest BCUT2D eigenvalue weighted by molar-refractivity contribution is -0.144. The fourth-order valence-electron chi connectivity index (χ4n) is 4.86. The van der Waals surface area contributed by atoms with Gasteiger partial charge in [-0.3, -0.25) is 4.79 Å². The number of benzene rings is 3. The quantitative estimate of drug-likeness (QED) is 0.227. The van der Waals surface area contributed by atoms with Crippen LogP contribution in [0.4, 0.5) is 4.39 Å². The molecule has 0 fully saturated rings. The van der Waals surface area contributed by atoms with Gasteiger partial charge >= 0.3 is 5.97 Å². The Morgan fingerprint density at radius 3 is 2.44 bits per heavy atom. The lowest BCUT2D eigenvalue weighted by atomic mass is 9.85. The average Bonchev–Trinajstić information content (AvgIpc) is 3.13. The van der Waals surface area contributed by atoms with Crippen LogP contribution in [0, 0.1) is 12.7 Å². The molecule has 4 rings (SSSR count). The van der Waals surface area contributed by atoms with Gasteiger partial charge in [0.05, 0.1) is 11.1 Å². The van der Waals surface area contributed by atoms with Crippen LogP contribution in [0.3, 0.4) is 0 Å². The van der Waals surface area contributed by atoms with Crippen LogP contribution >= 0.6 is 11.6 Å². The zero-order valence-corrected chi connectivity index (χ0v) is 25.2. The number of aromatic nitrogens is 1. The van der Waals surface area contributed by atoms with Gasteiger partial charge in [0.2, 0.25) is 0 Å². The number of hydrogen-bond donors (Lipinski definition) is 2. The molecule has 2 atom stereocenters. The molecule has 6 nitrogen and oxygen atoms in total. The van der Waals surface area contributed by atoms with Crippen LogP contribution in [0.15, 0.2) is 54.6 Å². The summed E-state index contributed by atoms with van der Waals surface area (Å²) in [4.78, 5) is 24.5. The number of ether oxygens (including phenoxy) is 1. The summed E-state index contributed by atoms with van der Waals surface area (Å²) in [5, 5.41) is 13.6. The number of carboxylic acids is 1. The van der Waals surface area contributed by atoms with Crippen LogP contribution in [0.2, 0.25) is 5.02 Å². The minimum atomic E-state index is -1.07. The van der Waals surface area contributed by atoms with E-state index in [-0.39, 0.29) is 23.2 Å². The Morgan fingerprint density at radius 2 is 1.78 bits per heavy atom. The molecule has 1 heterocycles. The normalized spacial score (nSPS) is 13.2. The molecule has 216 valence electrons. The van der Waals surface area contributed by atoms with Gasteiger partial charge in [-0.25, -0.2) is 9.18 Å². The van der Waals surface area contributed by atoms with Gasteiger partial charge in [0, 0.05) is 29.2 Å². The van der Waals surface area contributed by atoms with Crippen molar-refractivity contribution in [3.05, 3.63) is 98.9 Å². The molecule has 0 bridgehead atoms. The van der Waals surface area contributed by atoms with Crippen molar-refractivity contribution in [3.63, 3.8) is 0 Å². The molecule has 1 aromatic heterocycles. The molecule has 0 saturated heterocycles. The van der Waals surface area contributed by atoms with Crippen molar-refractivity contribution < 1.29 is 23.8 Å². The summed E-state index contributed by atoms with van der Waals surface area (Å²) in [6.45, 7) is 11.4. The standard InChI is InChI=1S/C33H36ClFN2O4/c1-18(23-14-24(33(4,5)6)17-25(35)15-23)36-31(38)22-9-10-26-27(19(2)37(7)29(26)16-22)12-21-8-11-28(34)30(13-21)41-20(3)32(39)40/h8-11,13-18,20H,12H2,1-7H3,(H,36,38)(H,39,40)/t18-,20+/m0/s1. The number of carbonyl (C=O) groups is 2. The molecule has 41 heavy (non-hydrogen) atoms. The van der Waals surface area contributed by atoms with E-state index in [2.05, 4.69) is 5.32 Å². The van der Waals surface area contributed by atoms with Crippen LogP contribution in [0.5, 0.6) is 5.75 Å². The van der Waals surface area contributed by atoms with Gasteiger partial charge in [0.25, 0.3) is 5.91 Å². The van der Waals surface area contributed by atoms with Crippen molar-refractivity contribution in [2.75, 3.05) is 0 Å². The number of amides is 1. The molecule has 3 aromatic carbocycles. The number of halogens is 2. The van der Waals surface area contributed by atoms with Crippen LogP contribution in [-0.4, -0.2) is 27.7 Å². The largest absolute Gasteiger partial charge is 0.479 e. The minimum Gasteiger partial charge on any atom is -0.479 e. The van der Waals surface area contributed by atoms with Crippen molar-refractivity contribution in [2.45, 2.75) is 65.5 Å². The van der Waals surface area contributed by atoms with Crippen LogP contribution in [-0.2, 0) is 23.7 Å². The Morgan fingerprint density at radius 1 is 1.07 bits per heavy atom. The number of aliphatic carboxylic acids is 1. The number of nitrogens with zero attached hydrogens (tertiary/aromatic N) is 1. The highest BCUT2D eigenvalue weighted by molar-refractivity contribution is 6.32. The summed E-state index contributed by atoms with van der Waals surface area (Å²) in [6, 6.07) is 15.5. The summed E-state index contributed by atoms with van der Waals surface area (Å²) in [7, 11) is 1.96. The number of hydrogen-bond acceptors (Lipinski definition) is 3. The first kappa shape index (κ1) is 30.1. The summed E-state index contributed by atoms with van der Waals surface area (Å²) < 4.78 is 22.0. The molecule has 1 amide bonds.